The Balaban J connectivity index is 1.99. The maximum absolute atomic E-state index is 5.74. The minimum Gasteiger partial charge on any atom is -0.494 e. The summed E-state index contributed by atoms with van der Waals surface area (Å²) in [5.41, 5.74) is 6.04. The van der Waals surface area contributed by atoms with E-state index >= 15 is 0 Å². The minimum absolute atomic E-state index is 0.0299. The fraction of sp³-hybridized carbons (Fsp3) is 0.391. The molecule has 0 aromatic heterocycles. The van der Waals surface area contributed by atoms with Crippen molar-refractivity contribution in [3.63, 3.8) is 0 Å². The van der Waals surface area contributed by atoms with Crippen molar-refractivity contribution in [3.05, 3.63) is 59.7 Å². The summed E-state index contributed by atoms with van der Waals surface area (Å²) >= 11 is 0. The van der Waals surface area contributed by atoms with Gasteiger partial charge in [-0.1, -0.05) is 50.3 Å². The van der Waals surface area contributed by atoms with Crippen molar-refractivity contribution in [3.8, 4) is 5.75 Å². The maximum atomic E-state index is 5.74. The molecule has 0 spiro atoms. The van der Waals surface area contributed by atoms with Crippen LogP contribution >= 0.6 is 0 Å². The number of anilines is 2. The smallest absolute Gasteiger partial charge is 0.144 e. The highest BCUT2D eigenvalue weighted by atomic mass is 16.5. The zero-order chi connectivity index (χ0) is 18.7. The Morgan fingerprint density at radius 2 is 1.88 bits per heavy atom. The molecule has 0 aliphatic carbocycles. The fourth-order valence-corrected chi connectivity index (χ4v) is 3.58. The van der Waals surface area contributed by atoms with E-state index in [1.54, 1.807) is 7.11 Å². The number of allylic oxidation sites excluding steroid dienone is 1. The number of fused-ring (bicyclic) bond motifs is 1. The van der Waals surface area contributed by atoms with Crippen LogP contribution in [0.2, 0.25) is 0 Å². The molecule has 3 nitrogen and oxygen atoms in total. The van der Waals surface area contributed by atoms with Crippen LogP contribution in [0.5, 0.6) is 5.75 Å². The third-order valence-electron chi connectivity index (χ3n) is 5.37. The summed E-state index contributed by atoms with van der Waals surface area (Å²) < 4.78 is 5.74. The predicted molar refractivity (Wildman–Crippen MR) is 112 cm³/mol. The summed E-state index contributed by atoms with van der Waals surface area (Å²) in [6, 6.07) is 15.1. The van der Waals surface area contributed by atoms with Crippen molar-refractivity contribution in [2.75, 3.05) is 17.7 Å². The van der Waals surface area contributed by atoms with Crippen LogP contribution in [-0.4, -0.2) is 12.6 Å². The average molecular weight is 351 g/mol. The van der Waals surface area contributed by atoms with Gasteiger partial charge in [-0.15, -0.1) is 0 Å². The normalized spacial score (nSPS) is 19.8. The topological polar surface area (TPSA) is 33.3 Å². The molecule has 3 rings (SSSR count). The van der Waals surface area contributed by atoms with Crippen molar-refractivity contribution < 1.29 is 4.74 Å². The van der Waals surface area contributed by atoms with Gasteiger partial charge in [-0.2, -0.15) is 0 Å². The quantitative estimate of drug-likeness (QED) is 0.645. The van der Waals surface area contributed by atoms with E-state index in [4.69, 9.17) is 4.74 Å². The van der Waals surface area contributed by atoms with Crippen molar-refractivity contribution in [2.45, 2.75) is 52.1 Å². The van der Waals surface area contributed by atoms with E-state index in [2.05, 4.69) is 80.8 Å². The molecule has 3 heteroatoms. The molecule has 0 saturated carbocycles. The van der Waals surface area contributed by atoms with Gasteiger partial charge in [-0.05, 0) is 43.9 Å². The van der Waals surface area contributed by atoms with Crippen molar-refractivity contribution in [1.29, 1.82) is 0 Å². The Morgan fingerprint density at radius 1 is 1.15 bits per heavy atom. The standard InChI is InChI=1S/C23H30N2O/c1-6-17-15-23(4,7-2)25-22-20(17)13-19(14-21(22)26-5)24-16(3)18-11-9-8-10-12-18/h8-16,24-25H,6-7H2,1-5H3. The summed E-state index contributed by atoms with van der Waals surface area (Å²) in [4.78, 5) is 0. The van der Waals surface area contributed by atoms with Gasteiger partial charge < -0.3 is 15.4 Å². The van der Waals surface area contributed by atoms with E-state index in [0.717, 1.165) is 30.0 Å². The summed E-state index contributed by atoms with van der Waals surface area (Å²) in [7, 11) is 1.74. The first-order valence-electron chi connectivity index (χ1n) is 9.53. The number of rotatable bonds is 6. The zero-order valence-electron chi connectivity index (χ0n) is 16.5. The largest absolute Gasteiger partial charge is 0.494 e. The number of ether oxygens (including phenoxy) is 1. The maximum Gasteiger partial charge on any atom is 0.144 e. The van der Waals surface area contributed by atoms with Gasteiger partial charge in [-0.25, -0.2) is 0 Å². The molecule has 0 amide bonds. The molecular formula is C23H30N2O. The van der Waals surface area contributed by atoms with Crippen LogP contribution in [0.15, 0.2) is 48.5 Å². The Hall–Kier alpha value is -2.42. The van der Waals surface area contributed by atoms with Gasteiger partial charge in [0.25, 0.3) is 0 Å². The van der Waals surface area contributed by atoms with Crippen LogP contribution in [0.3, 0.4) is 0 Å². The SMILES string of the molecule is CCC1=CC(C)(CC)Nc2c(OC)cc(NC(C)c3ccccc3)cc21. The van der Waals surface area contributed by atoms with Gasteiger partial charge in [0.05, 0.1) is 18.3 Å². The molecule has 2 aromatic rings. The van der Waals surface area contributed by atoms with E-state index in [1.165, 1.54) is 16.7 Å². The van der Waals surface area contributed by atoms with Gasteiger partial charge >= 0.3 is 0 Å². The van der Waals surface area contributed by atoms with Crippen LogP contribution < -0.4 is 15.4 Å². The molecule has 0 saturated heterocycles. The molecule has 1 heterocycles. The highest BCUT2D eigenvalue weighted by Crippen LogP contribution is 2.44. The first kappa shape index (κ1) is 18.4. The Bertz CT molecular complexity index is 797. The third kappa shape index (κ3) is 3.57. The van der Waals surface area contributed by atoms with E-state index in [1.807, 2.05) is 6.07 Å². The number of hydrogen-bond acceptors (Lipinski definition) is 3. The lowest BCUT2D eigenvalue weighted by Gasteiger charge is -2.36. The van der Waals surface area contributed by atoms with E-state index in [-0.39, 0.29) is 11.6 Å². The van der Waals surface area contributed by atoms with Crippen LogP contribution in [0.1, 0.15) is 57.7 Å². The van der Waals surface area contributed by atoms with Gasteiger partial charge in [-0.3, -0.25) is 0 Å². The van der Waals surface area contributed by atoms with Crippen molar-refractivity contribution >= 4 is 16.9 Å². The molecule has 2 aromatic carbocycles. The lowest BCUT2D eigenvalue weighted by molar-refractivity contribution is 0.414. The second-order valence-corrected chi connectivity index (χ2v) is 7.30. The lowest BCUT2D eigenvalue weighted by Crippen LogP contribution is -2.35. The third-order valence-corrected chi connectivity index (χ3v) is 5.37. The summed E-state index contributed by atoms with van der Waals surface area (Å²) in [6.45, 7) is 8.86. The van der Waals surface area contributed by atoms with Crippen molar-refractivity contribution in [2.24, 2.45) is 0 Å². The van der Waals surface area contributed by atoms with Gasteiger partial charge in [0.2, 0.25) is 0 Å². The summed E-state index contributed by atoms with van der Waals surface area (Å²) in [5, 5.41) is 7.32. The minimum atomic E-state index is -0.0299. The van der Waals surface area contributed by atoms with Crippen molar-refractivity contribution in [1.82, 2.24) is 0 Å². The zero-order valence-corrected chi connectivity index (χ0v) is 16.5. The number of nitrogens with one attached hydrogen (secondary N) is 2. The molecule has 2 N–H and O–H groups in total. The highest BCUT2D eigenvalue weighted by molar-refractivity contribution is 5.87. The van der Waals surface area contributed by atoms with Gasteiger partial charge in [0.1, 0.15) is 5.75 Å². The number of methoxy groups -OCH3 is 1. The van der Waals surface area contributed by atoms with Crippen LogP contribution in [0, 0.1) is 0 Å². The molecule has 0 fully saturated rings. The Kier molecular flexibility index (Phi) is 5.26. The molecule has 0 radical (unpaired) electrons. The molecule has 0 bridgehead atoms. The average Bonchev–Trinajstić information content (AvgIpc) is 2.67. The monoisotopic (exact) mass is 350 g/mol. The molecule has 26 heavy (non-hydrogen) atoms. The predicted octanol–water partition coefficient (Wildman–Crippen LogP) is 6.26. The van der Waals surface area contributed by atoms with Crippen LogP contribution in [0.25, 0.3) is 5.57 Å². The highest BCUT2D eigenvalue weighted by Gasteiger charge is 2.29. The number of hydrogen-bond donors (Lipinski definition) is 2. The van der Waals surface area contributed by atoms with E-state index in [0.29, 0.717) is 0 Å². The molecule has 1 aliphatic heterocycles. The van der Waals surface area contributed by atoms with E-state index in [9.17, 15) is 0 Å². The first-order valence-corrected chi connectivity index (χ1v) is 9.53. The number of benzene rings is 2. The lowest BCUT2D eigenvalue weighted by atomic mass is 9.86. The molecule has 2 atom stereocenters. The van der Waals surface area contributed by atoms with Gasteiger partial charge in [0, 0.05) is 23.4 Å². The summed E-state index contributed by atoms with van der Waals surface area (Å²) in [6.07, 6.45) is 4.41. The molecule has 2 unspecified atom stereocenters. The first-order chi connectivity index (χ1) is 12.5. The molecular weight excluding hydrogens is 320 g/mol. The second kappa shape index (κ2) is 7.45. The molecule has 138 valence electrons. The Labute approximate surface area is 157 Å². The molecule has 1 aliphatic rings. The van der Waals surface area contributed by atoms with E-state index < -0.39 is 0 Å². The van der Waals surface area contributed by atoms with Crippen LogP contribution in [-0.2, 0) is 0 Å². The fourth-order valence-electron chi connectivity index (χ4n) is 3.58. The Morgan fingerprint density at radius 3 is 2.50 bits per heavy atom. The van der Waals surface area contributed by atoms with Gasteiger partial charge in [0.15, 0.2) is 0 Å². The summed E-state index contributed by atoms with van der Waals surface area (Å²) in [5.74, 6) is 0.893. The van der Waals surface area contributed by atoms with Crippen LogP contribution in [0.4, 0.5) is 11.4 Å². The second-order valence-electron chi connectivity index (χ2n) is 7.30.